The first-order chi connectivity index (χ1) is 12.9. The van der Waals surface area contributed by atoms with Crippen molar-refractivity contribution in [1.82, 2.24) is 10.6 Å². The second-order valence-electron chi connectivity index (χ2n) is 6.58. The lowest BCUT2D eigenvalue weighted by molar-refractivity contribution is -0.127. The van der Waals surface area contributed by atoms with E-state index in [1.165, 1.54) is 17.7 Å². The molecule has 0 saturated heterocycles. The van der Waals surface area contributed by atoms with E-state index in [-0.39, 0.29) is 30.7 Å². The van der Waals surface area contributed by atoms with Gasteiger partial charge in [0.15, 0.2) is 6.10 Å². The largest absolute Gasteiger partial charge is 0.508 e. The van der Waals surface area contributed by atoms with Gasteiger partial charge in [-0.2, -0.15) is 0 Å². The number of nitrogens with one attached hydrogen (secondary N) is 2. The topological polar surface area (TPSA) is 87.7 Å². The number of rotatable bonds is 8. The molecule has 6 heteroatoms. The lowest BCUT2D eigenvalue weighted by atomic mass is 10.0. The van der Waals surface area contributed by atoms with Crippen LogP contribution in [0.4, 0.5) is 0 Å². The number of hydrogen-bond donors (Lipinski definition) is 3. The summed E-state index contributed by atoms with van der Waals surface area (Å²) in [5, 5.41) is 14.8. The van der Waals surface area contributed by atoms with Crippen LogP contribution in [0, 0.1) is 0 Å². The van der Waals surface area contributed by atoms with Gasteiger partial charge in [0, 0.05) is 18.7 Å². The van der Waals surface area contributed by atoms with Crippen molar-refractivity contribution in [1.29, 1.82) is 0 Å². The summed E-state index contributed by atoms with van der Waals surface area (Å²) in [7, 11) is 0. The van der Waals surface area contributed by atoms with Gasteiger partial charge in [0.2, 0.25) is 0 Å². The molecule has 6 nitrogen and oxygen atoms in total. The van der Waals surface area contributed by atoms with Crippen LogP contribution < -0.4 is 15.4 Å². The van der Waals surface area contributed by atoms with Gasteiger partial charge in [-0.3, -0.25) is 9.59 Å². The first-order valence-electron chi connectivity index (χ1n) is 8.98. The predicted octanol–water partition coefficient (Wildman–Crippen LogP) is 2.83. The molecular weight excluding hydrogens is 344 g/mol. The molecule has 0 heterocycles. The maximum atomic E-state index is 12.1. The van der Waals surface area contributed by atoms with Gasteiger partial charge in [-0.05, 0) is 48.7 Å². The lowest BCUT2D eigenvalue weighted by Gasteiger charge is -2.15. The predicted molar refractivity (Wildman–Crippen MR) is 104 cm³/mol. The molecule has 27 heavy (non-hydrogen) atoms. The Morgan fingerprint density at radius 3 is 2.30 bits per heavy atom. The molecule has 0 bridgehead atoms. The van der Waals surface area contributed by atoms with Gasteiger partial charge in [-0.15, -0.1) is 0 Å². The molecule has 0 fully saturated rings. The molecule has 1 unspecified atom stereocenters. The van der Waals surface area contributed by atoms with Crippen molar-refractivity contribution in [2.24, 2.45) is 0 Å². The van der Waals surface area contributed by atoms with Crippen LogP contribution in [-0.2, 0) is 4.79 Å². The Bertz CT molecular complexity index is 772. The molecule has 2 amide bonds. The maximum Gasteiger partial charge on any atom is 0.260 e. The molecule has 2 aromatic carbocycles. The third kappa shape index (κ3) is 6.33. The molecule has 2 rings (SSSR count). The highest BCUT2D eigenvalue weighted by molar-refractivity contribution is 5.94. The van der Waals surface area contributed by atoms with E-state index >= 15 is 0 Å². The molecule has 0 spiro atoms. The van der Waals surface area contributed by atoms with E-state index in [1.54, 1.807) is 19.1 Å². The number of aromatic hydroxyl groups is 1. The second kappa shape index (κ2) is 9.62. The summed E-state index contributed by atoms with van der Waals surface area (Å²) >= 11 is 0. The van der Waals surface area contributed by atoms with E-state index in [9.17, 15) is 14.7 Å². The van der Waals surface area contributed by atoms with Crippen molar-refractivity contribution in [3.8, 4) is 11.5 Å². The van der Waals surface area contributed by atoms with Crippen LogP contribution in [0.5, 0.6) is 11.5 Å². The van der Waals surface area contributed by atoms with E-state index in [0.717, 1.165) is 0 Å². The quantitative estimate of drug-likeness (QED) is 0.624. The molecule has 0 aliphatic heterocycles. The van der Waals surface area contributed by atoms with Gasteiger partial charge >= 0.3 is 0 Å². The minimum absolute atomic E-state index is 0.0309. The SMILES string of the molecule is CC(Oc1ccc(C(C)C)cc1)C(=O)NCCNC(=O)c1cccc(O)c1. The minimum Gasteiger partial charge on any atom is -0.508 e. The Kier molecular flexibility index (Phi) is 7.23. The number of carbonyl (C=O) groups is 2. The Balaban J connectivity index is 1.72. The van der Waals surface area contributed by atoms with Crippen LogP contribution >= 0.6 is 0 Å². The molecule has 0 saturated carbocycles. The van der Waals surface area contributed by atoms with Crippen molar-refractivity contribution >= 4 is 11.8 Å². The van der Waals surface area contributed by atoms with Gasteiger partial charge in [-0.25, -0.2) is 0 Å². The molecule has 0 aromatic heterocycles. The third-order valence-corrected chi connectivity index (χ3v) is 4.05. The molecule has 0 aliphatic carbocycles. The highest BCUT2D eigenvalue weighted by Gasteiger charge is 2.14. The number of hydrogen-bond acceptors (Lipinski definition) is 4. The van der Waals surface area contributed by atoms with Gasteiger partial charge in [0.25, 0.3) is 11.8 Å². The molecule has 0 aliphatic rings. The van der Waals surface area contributed by atoms with Gasteiger partial charge < -0.3 is 20.5 Å². The summed E-state index contributed by atoms with van der Waals surface area (Å²) in [6.45, 7) is 6.47. The Hall–Kier alpha value is -3.02. The van der Waals surface area contributed by atoms with E-state index in [1.807, 2.05) is 24.3 Å². The highest BCUT2D eigenvalue weighted by Crippen LogP contribution is 2.19. The van der Waals surface area contributed by atoms with Crippen molar-refractivity contribution in [2.45, 2.75) is 32.8 Å². The van der Waals surface area contributed by atoms with Gasteiger partial charge in [0.1, 0.15) is 11.5 Å². The van der Waals surface area contributed by atoms with E-state index < -0.39 is 6.10 Å². The number of amides is 2. The second-order valence-corrected chi connectivity index (χ2v) is 6.58. The summed E-state index contributed by atoms with van der Waals surface area (Å²) in [5.74, 6) is 0.543. The van der Waals surface area contributed by atoms with E-state index in [4.69, 9.17) is 4.74 Å². The summed E-state index contributed by atoms with van der Waals surface area (Å²) in [4.78, 5) is 24.0. The van der Waals surface area contributed by atoms with Crippen LogP contribution in [0.15, 0.2) is 48.5 Å². The summed E-state index contributed by atoms with van der Waals surface area (Å²) in [5.41, 5.74) is 1.57. The van der Waals surface area contributed by atoms with Crippen LogP contribution in [0.3, 0.4) is 0 Å². The fraction of sp³-hybridized carbons (Fsp3) is 0.333. The third-order valence-electron chi connectivity index (χ3n) is 4.05. The smallest absolute Gasteiger partial charge is 0.260 e. The van der Waals surface area contributed by atoms with Crippen molar-refractivity contribution < 1.29 is 19.4 Å². The fourth-order valence-electron chi connectivity index (χ4n) is 2.44. The summed E-state index contributed by atoms with van der Waals surface area (Å²) < 4.78 is 5.64. The molecule has 1 atom stereocenters. The Labute approximate surface area is 159 Å². The monoisotopic (exact) mass is 370 g/mol. The molecule has 0 radical (unpaired) electrons. The lowest BCUT2D eigenvalue weighted by Crippen LogP contribution is -2.40. The summed E-state index contributed by atoms with van der Waals surface area (Å²) in [6, 6.07) is 13.8. The van der Waals surface area contributed by atoms with Crippen molar-refractivity contribution in [3.63, 3.8) is 0 Å². The summed E-state index contributed by atoms with van der Waals surface area (Å²) in [6.07, 6.45) is -0.642. The highest BCUT2D eigenvalue weighted by atomic mass is 16.5. The van der Waals surface area contributed by atoms with Gasteiger partial charge in [0.05, 0.1) is 0 Å². The molecular formula is C21H26N2O4. The Morgan fingerprint density at radius 2 is 1.67 bits per heavy atom. The van der Waals surface area contributed by atoms with Crippen molar-refractivity contribution in [3.05, 3.63) is 59.7 Å². The standard InChI is InChI=1S/C21H26N2O4/c1-14(2)16-7-9-19(10-8-16)27-15(3)20(25)22-11-12-23-21(26)17-5-4-6-18(24)13-17/h4-10,13-15,24H,11-12H2,1-3H3,(H,22,25)(H,23,26). The molecule has 3 N–H and O–H groups in total. The first-order valence-corrected chi connectivity index (χ1v) is 8.98. The number of phenolic OH excluding ortho intramolecular Hbond substituents is 1. The number of benzene rings is 2. The fourth-order valence-corrected chi connectivity index (χ4v) is 2.44. The van der Waals surface area contributed by atoms with Crippen LogP contribution in [0.25, 0.3) is 0 Å². The van der Waals surface area contributed by atoms with E-state index in [0.29, 0.717) is 17.2 Å². The van der Waals surface area contributed by atoms with E-state index in [2.05, 4.69) is 24.5 Å². The molecule has 2 aromatic rings. The zero-order chi connectivity index (χ0) is 19.8. The minimum atomic E-state index is -0.642. The maximum absolute atomic E-state index is 12.1. The van der Waals surface area contributed by atoms with Crippen LogP contribution in [-0.4, -0.2) is 36.1 Å². The first kappa shape index (κ1) is 20.3. The number of ether oxygens (including phenoxy) is 1. The van der Waals surface area contributed by atoms with Crippen molar-refractivity contribution in [2.75, 3.05) is 13.1 Å². The zero-order valence-electron chi connectivity index (χ0n) is 15.9. The number of phenols is 1. The van der Waals surface area contributed by atoms with Crippen LogP contribution in [0.2, 0.25) is 0 Å². The number of carbonyl (C=O) groups excluding carboxylic acids is 2. The van der Waals surface area contributed by atoms with Crippen LogP contribution in [0.1, 0.15) is 42.6 Å². The zero-order valence-corrected chi connectivity index (χ0v) is 15.9. The normalized spacial score (nSPS) is 11.7. The molecule has 144 valence electrons. The average Bonchev–Trinajstić information content (AvgIpc) is 2.65. The van der Waals surface area contributed by atoms with Gasteiger partial charge in [-0.1, -0.05) is 32.0 Å². The Morgan fingerprint density at radius 1 is 1.00 bits per heavy atom. The average molecular weight is 370 g/mol.